The summed E-state index contributed by atoms with van der Waals surface area (Å²) < 4.78 is 26.2. The van der Waals surface area contributed by atoms with Gasteiger partial charge in [0, 0.05) is 18.2 Å². The Kier molecular flexibility index (Phi) is 4.10. The lowest BCUT2D eigenvalue weighted by molar-refractivity contribution is -0.385. The van der Waals surface area contributed by atoms with Gasteiger partial charge in [0.2, 0.25) is 16.0 Å². The molecule has 0 amide bonds. The molecule has 0 unspecified atom stereocenters. The number of hydrogen-bond acceptors (Lipinski definition) is 7. The summed E-state index contributed by atoms with van der Waals surface area (Å²) >= 11 is 0. The zero-order valence-corrected chi connectivity index (χ0v) is 11.4. The molecular weight excluding hydrogens is 298 g/mol. The number of nitrogens with two attached hydrogens (primary N) is 1. The minimum atomic E-state index is -3.87. The van der Waals surface area contributed by atoms with Crippen LogP contribution in [0.15, 0.2) is 41.6 Å². The van der Waals surface area contributed by atoms with Crippen LogP contribution in [0, 0.1) is 10.1 Å². The zero-order chi connectivity index (χ0) is 15.5. The number of aromatic nitrogens is 2. The molecule has 0 radical (unpaired) electrons. The molecule has 110 valence electrons. The average molecular weight is 309 g/mol. The molecule has 1 aromatic heterocycles. The van der Waals surface area contributed by atoms with Gasteiger partial charge < -0.3 is 5.73 Å². The Balaban J connectivity index is 2.19. The van der Waals surface area contributed by atoms with Gasteiger partial charge in [-0.3, -0.25) is 10.1 Å². The molecule has 0 bridgehead atoms. The lowest BCUT2D eigenvalue weighted by Crippen LogP contribution is -2.24. The summed E-state index contributed by atoms with van der Waals surface area (Å²) in [6, 6.07) is 5.86. The Morgan fingerprint density at radius 2 is 1.86 bits per heavy atom. The van der Waals surface area contributed by atoms with E-state index < -0.39 is 14.9 Å². The topological polar surface area (TPSA) is 141 Å². The molecule has 0 aliphatic heterocycles. The minimum Gasteiger partial charge on any atom is -0.368 e. The highest BCUT2D eigenvalue weighted by molar-refractivity contribution is 7.89. The summed E-state index contributed by atoms with van der Waals surface area (Å²) in [6.07, 6.45) is 2.12. The number of nitro benzene ring substituents is 1. The fourth-order valence-electron chi connectivity index (χ4n) is 1.56. The van der Waals surface area contributed by atoms with Crippen molar-refractivity contribution in [3.05, 3.63) is 52.3 Å². The van der Waals surface area contributed by atoms with Gasteiger partial charge in [0.1, 0.15) is 4.90 Å². The van der Waals surface area contributed by atoms with E-state index in [1.807, 2.05) is 0 Å². The third-order valence-corrected chi connectivity index (χ3v) is 3.96. The fourth-order valence-corrected chi connectivity index (χ4v) is 2.45. The minimum absolute atomic E-state index is 0.0485. The molecule has 0 aliphatic rings. The third kappa shape index (κ3) is 3.49. The Morgan fingerprint density at radius 1 is 1.24 bits per heavy atom. The monoisotopic (exact) mass is 309 g/mol. The van der Waals surface area contributed by atoms with Crippen molar-refractivity contribution in [2.75, 3.05) is 5.73 Å². The summed E-state index contributed by atoms with van der Waals surface area (Å²) in [5, 5.41) is 10.8. The van der Waals surface area contributed by atoms with Crippen molar-refractivity contribution in [2.24, 2.45) is 0 Å². The normalized spacial score (nSPS) is 11.2. The molecule has 1 aromatic carbocycles. The SMILES string of the molecule is Nc1ncc(S(=O)(=O)NCc2ccccc2[N+](=O)[O-])cn1. The molecular formula is C11H11N5O4S. The fraction of sp³-hybridized carbons (Fsp3) is 0.0909. The van der Waals surface area contributed by atoms with Gasteiger partial charge in [0.15, 0.2) is 0 Å². The van der Waals surface area contributed by atoms with Crippen molar-refractivity contribution < 1.29 is 13.3 Å². The number of para-hydroxylation sites is 1. The number of anilines is 1. The van der Waals surface area contributed by atoms with Crippen LogP contribution in [0.5, 0.6) is 0 Å². The Morgan fingerprint density at radius 3 is 2.48 bits per heavy atom. The van der Waals surface area contributed by atoms with Gasteiger partial charge in [0.05, 0.1) is 17.3 Å². The van der Waals surface area contributed by atoms with Gasteiger partial charge in [-0.2, -0.15) is 0 Å². The smallest absolute Gasteiger partial charge is 0.273 e. The highest BCUT2D eigenvalue weighted by Crippen LogP contribution is 2.18. The Hall–Kier alpha value is -2.59. The van der Waals surface area contributed by atoms with E-state index in [-0.39, 0.29) is 28.6 Å². The molecule has 2 rings (SSSR count). The van der Waals surface area contributed by atoms with Crippen LogP contribution in [0.4, 0.5) is 11.6 Å². The summed E-state index contributed by atoms with van der Waals surface area (Å²) in [5.74, 6) is -0.0485. The van der Waals surface area contributed by atoms with Crippen molar-refractivity contribution in [1.82, 2.24) is 14.7 Å². The van der Waals surface area contributed by atoms with E-state index in [1.165, 1.54) is 18.2 Å². The van der Waals surface area contributed by atoms with E-state index >= 15 is 0 Å². The lowest BCUT2D eigenvalue weighted by atomic mass is 10.2. The van der Waals surface area contributed by atoms with E-state index in [9.17, 15) is 18.5 Å². The lowest BCUT2D eigenvalue weighted by Gasteiger charge is -2.06. The number of nitrogens with one attached hydrogen (secondary N) is 1. The van der Waals surface area contributed by atoms with Crippen LogP contribution in [0.1, 0.15) is 5.56 Å². The second-order valence-corrected chi connectivity index (χ2v) is 5.75. The summed E-state index contributed by atoms with van der Waals surface area (Å²) in [6.45, 7) is -0.218. The van der Waals surface area contributed by atoms with E-state index in [0.29, 0.717) is 0 Å². The molecule has 21 heavy (non-hydrogen) atoms. The summed E-state index contributed by atoms with van der Waals surface area (Å²) in [4.78, 5) is 17.3. The summed E-state index contributed by atoms with van der Waals surface area (Å²) in [7, 11) is -3.87. The molecule has 3 N–H and O–H groups in total. The molecule has 0 spiro atoms. The van der Waals surface area contributed by atoms with Gasteiger partial charge in [-0.1, -0.05) is 18.2 Å². The molecule has 10 heteroatoms. The van der Waals surface area contributed by atoms with Crippen molar-refractivity contribution in [3.63, 3.8) is 0 Å². The molecule has 2 aromatic rings. The highest BCUT2D eigenvalue weighted by Gasteiger charge is 2.18. The van der Waals surface area contributed by atoms with Crippen LogP contribution in [-0.4, -0.2) is 23.3 Å². The Labute approximate surface area is 120 Å². The Bertz CT molecular complexity index is 760. The van der Waals surface area contributed by atoms with Gasteiger partial charge in [-0.15, -0.1) is 0 Å². The second-order valence-electron chi connectivity index (χ2n) is 3.99. The maximum atomic E-state index is 12.0. The van der Waals surface area contributed by atoms with E-state index in [2.05, 4.69) is 14.7 Å². The number of nitro groups is 1. The second kappa shape index (κ2) is 5.81. The predicted molar refractivity (Wildman–Crippen MR) is 73.6 cm³/mol. The summed E-state index contributed by atoms with van der Waals surface area (Å²) in [5.41, 5.74) is 5.37. The van der Waals surface area contributed by atoms with Crippen LogP contribution < -0.4 is 10.5 Å². The van der Waals surface area contributed by atoms with Gasteiger partial charge in [0.25, 0.3) is 5.69 Å². The number of sulfonamides is 1. The van der Waals surface area contributed by atoms with Gasteiger partial charge in [-0.25, -0.2) is 23.1 Å². The van der Waals surface area contributed by atoms with Crippen LogP contribution in [-0.2, 0) is 16.6 Å². The first-order valence-corrected chi connectivity index (χ1v) is 7.18. The van der Waals surface area contributed by atoms with E-state index in [0.717, 1.165) is 12.4 Å². The van der Waals surface area contributed by atoms with E-state index in [4.69, 9.17) is 5.73 Å². The molecule has 0 saturated carbocycles. The van der Waals surface area contributed by atoms with Crippen LogP contribution in [0.3, 0.4) is 0 Å². The highest BCUT2D eigenvalue weighted by atomic mass is 32.2. The van der Waals surface area contributed by atoms with Crippen LogP contribution in [0.2, 0.25) is 0 Å². The first-order valence-electron chi connectivity index (χ1n) is 5.69. The number of benzene rings is 1. The van der Waals surface area contributed by atoms with Crippen molar-refractivity contribution >= 4 is 21.7 Å². The zero-order valence-electron chi connectivity index (χ0n) is 10.6. The number of nitrogens with zero attached hydrogens (tertiary/aromatic N) is 3. The maximum absolute atomic E-state index is 12.0. The largest absolute Gasteiger partial charge is 0.368 e. The number of hydrogen-bond donors (Lipinski definition) is 2. The standard InChI is InChI=1S/C11H11N5O4S/c12-11-13-6-9(7-14-11)21(19,20)15-5-8-3-1-2-4-10(8)16(17)18/h1-4,6-7,15H,5H2,(H2,12,13,14). The quantitative estimate of drug-likeness (QED) is 0.603. The third-order valence-electron chi connectivity index (χ3n) is 2.60. The van der Waals surface area contributed by atoms with Gasteiger partial charge >= 0.3 is 0 Å². The van der Waals surface area contributed by atoms with Gasteiger partial charge in [-0.05, 0) is 0 Å². The average Bonchev–Trinajstić information content (AvgIpc) is 2.46. The first kappa shape index (κ1) is 14.8. The van der Waals surface area contributed by atoms with Crippen molar-refractivity contribution in [2.45, 2.75) is 11.4 Å². The molecule has 0 saturated heterocycles. The number of nitrogen functional groups attached to an aromatic ring is 1. The molecule has 0 atom stereocenters. The molecule has 9 nitrogen and oxygen atoms in total. The maximum Gasteiger partial charge on any atom is 0.273 e. The van der Waals surface area contributed by atoms with Crippen LogP contribution in [0.25, 0.3) is 0 Å². The molecule has 0 aliphatic carbocycles. The van der Waals surface area contributed by atoms with Crippen molar-refractivity contribution in [3.8, 4) is 0 Å². The van der Waals surface area contributed by atoms with E-state index in [1.54, 1.807) is 6.07 Å². The van der Waals surface area contributed by atoms with Crippen LogP contribution >= 0.6 is 0 Å². The van der Waals surface area contributed by atoms with Crippen molar-refractivity contribution in [1.29, 1.82) is 0 Å². The molecule has 1 heterocycles. The number of rotatable bonds is 5. The first-order chi connectivity index (χ1) is 9.90. The predicted octanol–water partition coefficient (Wildman–Crippen LogP) is 0.446. The molecule has 0 fully saturated rings.